The second-order valence-electron chi connectivity index (χ2n) is 29.9. The number of ketones is 1. The summed E-state index contributed by atoms with van der Waals surface area (Å²) in [5, 5.41) is 24.8. The first kappa shape index (κ1) is 66.5. The molecule has 0 radical (unpaired) electrons. The molecule has 0 saturated carbocycles. The van der Waals surface area contributed by atoms with Gasteiger partial charge in [0.1, 0.15) is 42.4 Å². The third kappa shape index (κ3) is 13.2. The molecule has 0 aliphatic carbocycles. The topological polar surface area (TPSA) is 167 Å². The fourth-order valence-electron chi connectivity index (χ4n) is 17.1. The number of benzene rings is 4. The number of esters is 1. The molecule has 4 aromatic rings. The van der Waals surface area contributed by atoms with Gasteiger partial charge in [-0.25, -0.2) is 0 Å². The van der Waals surface area contributed by atoms with Crippen molar-refractivity contribution in [3.05, 3.63) is 146 Å². The van der Waals surface area contributed by atoms with Crippen LogP contribution in [0, 0.1) is 17.8 Å². The van der Waals surface area contributed by atoms with Crippen LogP contribution in [-0.4, -0.2) is 155 Å². The first-order valence-corrected chi connectivity index (χ1v) is 37.9. The number of aliphatic hydroxyl groups excluding tert-OH is 2. The molecule has 21 atom stereocenters. The molecule has 91 heavy (non-hydrogen) atoms. The summed E-state index contributed by atoms with van der Waals surface area (Å²) in [6.45, 7) is 28.9. The fourth-order valence-corrected chi connectivity index (χ4v) is 26.5. The Balaban J connectivity index is 0.966. The zero-order chi connectivity index (χ0) is 64.1. The Hall–Kier alpha value is -4.51. The van der Waals surface area contributed by atoms with Gasteiger partial charge in [0.05, 0.1) is 79.7 Å². The summed E-state index contributed by atoms with van der Waals surface area (Å²) in [7, 11) is -6.81. The maximum absolute atomic E-state index is 15.4. The first-order chi connectivity index (χ1) is 43.6. The van der Waals surface area contributed by atoms with Gasteiger partial charge in [-0.15, -0.1) is 0 Å². The zero-order valence-electron chi connectivity index (χ0n) is 55.1. The lowest BCUT2D eigenvalue weighted by Crippen LogP contribution is -2.73. The van der Waals surface area contributed by atoms with E-state index in [4.69, 9.17) is 46.7 Å². The molecule has 8 bridgehead atoms. The minimum atomic E-state index is -3.44. The number of hydrogen-bond acceptors (Lipinski definition) is 14. The molecule has 0 amide bonds. The normalized spacial score (nSPS) is 37.1. The monoisotopic (exact) mass is 1280 g/mol. The average Bonchev–Trinajstić information content (AvgIpc) is 1.72. The quantitative estimate of drug-likeness (QED) is 0.0875. The predicted molar refractivity (Wildman–Crippen MR) is 355 cm³/mol. The molecule has 16 heteroatoms. The van der Waals surface area contributed by atoms with Gasteiger partial charge in [0.2, 0.25) is 0 Å². The van der Waals surface area contributed by atoms with Crippen molar-refractivity contribution < 1.29 is 66.5 Å². The van der Waals surface area contributed by atoms with Gasteiger partial charge < -0.3 is 57.0 Å². The van der Waals surface area contributed by atoms with E-state index in [1.54, 1.807) is 0 Å². The lowest BCUT2D eigenvalue weighted by atomic mass is 9.79. The maximum atomic E-state index is 15.4. The molecule has 14 nitrogen and oxygen atoms in total. The van der Waals surface area contributed by atoms with Crippen LogP contribution in [0.15, 0.2) is 146 Å². The van der Waals surface area contributed by atoms with Gasteiger partial charge in [-0.2, -0.15) is 0 Å². The van der Waals surface area contributed by atoms with Gasteiger partial charge in [-0.1, -0.05) is 197 Å². The highest BCUT2D eigenvalue weighted by Gasteiger charge is 2.65. The highest BCUT2D eigenvalue weighted by molar-refractivity contribution is 7.00. The number of hydrogen-bond donors (Lipinski definition) is 2. The van der Waals surface area contributed by atoms with Crippen LogP contribution in [0.5, 0.6) is 0 Å². The Morgan fingerprint density at radius 1 is 0.495 bits per heavy atom. The number of carbonyl (C=O) groups is 2. The van der Waals surface area contributed by atoms with Crippen LogP contribution in [0.1, 0.15) is 139 Å². The third-order valence-electron chi connectivity index (χ3n) is 21.8. The average molecular weight is 1280 g/mol. The van der Waals surface area contributed by atoms with E-state index in [1.165, 1.54) is 0 Å². The second-order valence-corrected chi connectivity index (χ2v) is 38.4. The smallest absolute Gasteiger partial charge is 0.308 e. The van der Waals surface area contributed by atoms with Crippen LogP contribution >= 0.6 is 0 Å². The molecule has 8 fully saturated rings. The van der Waals surface area contributed by atoms with Gasteiger partial charge in [-0.05, 0) is 99.3 Å². The van der Waals surface area contributed by atoms with Crippen molar-refractivity contribution >= 4 is 49.1 Å². The van der Waals surface area contributed by atoms with Crippen LogP contribution < -0.4 is 20.7 Å². The largest absolute Gasteiger partial charge is 0.459 e. The minimum absolute atomic E-state index is 0.0567. The van der Waals surface area contributed by atoms with Crippen molar-refractivity contribution in [3.8, 4) is 0 Å². The molecular formula is C75H100O14Si2. The molecule has 2 N–H and O–H groups in total. The number of carbonyl (C=O) groups excluding carboxylic acids is 2. The summed E-state index contributed by atoms with van der Waals surface area (Å²) >= 11 is 0. The highest BCUT2D eigenvalue weighted by atomic mass is 28.4. The van der Waals surface area contributed by atoms with Gasteiger partial charge in [-0.3, -0.25) is 9.59 Å². The van der Waals surface area contributed by atoms with Crippen LogP contribution in [-0.2, 0) is 56.3 Å². The number of aliphatic hydroxyl groups is 2. The SMILES string of the molecule is C=C1CC2CC(C)C(=O)C[C@H]3O[C@H]4[C@@H](O[Si](c5ccccc5)(c5ccccc5)C(C)(C)C)[C@H]5OC(CC[C@@H]5O[C@H]4[C@H]3O[Si](c3ccccc3)(c3ccccc3)C(C)(C)C)CC(=O)O[C@H]3C(C[C@H]4O[C@@H](CCC1O2)C[C@@H](C)C4=C)O[C@H]1C[C@@H](O)[C@@H](CCO)O[C@H]1[C@@H]3C. The summed E-state index contributed by atoms with van der Waals surface area (Å²) in [5.41, 5.74) is 1.99. The summed E-state index contributed by atoms with van der Waals surface area (Å²) in [5.74, 6) is -0.963. The lowest BCUT2D eigenvalue weighted by Gasteiger charge is -2.53. The van der Waals surface area contributed by atoms with Crippen molar-refractivity contribution in [2.45, 2.75) is 259 Å². The van der Waals surface area contributed by atoms with E-state index >= 15 is 9.59 Å². The van der Waals surface area contributed by atoms with Crippen molar-refractivity contribution in [2.24, 2.45) is 17.8 Å². The van der Waals surface area contributed by atoms with Crippen LogP contribution in [0.2, 0.25) is 10.1 Å². The molecule has 5 unspecified atom stereocenters. The Labute approximate surface area is 542 Å². The predicted octanol–water partition coefficient (Wildman–Crippen LogP) is 9.80. The summed E-state index contributed by atoms with van der Waals surface area (Å²) in [6.07, 6.45) is -4.89. The molecule has 8 heterocycles. The van der Waals surface area contributed by atoms with E-state index in [1.807, 2.05) is 38.1 Å². The second kappa shape index (κ2) is 27.3. The third-order valence-corrected chi connectivity index (χ3v) is 31.9. The van der Waals surface area contributed by atoms with Gasteiger partial charge >= 0.3 is 5.97 Å². The van der Waals surface area contributed by atoms with Crippen LogP contribution in [0.3, 0.4) is 0 Å². The first-order valence-electron chi connectivity index (χ1n) is 34.1. The molecule has 0 aromatic heterocycles. The summed E-state index contributed by atoms with van der Waals surface area (Å²) in [4.78, 5) is 30.6. The Bertz CT molecular complexity index is 3060. The van der Waals surface area contributed by atoms with Crippen LogP contribution in [0.25, 0.3) is 0 Å². The van der Waals surface area contributed by atoms with Crippen molar-refractivity contribution in [1.29, 1.82) is 0 Å². The Morgan fingerprint density at radius 2 is 1.01 bits per heavy atom. The highest BCUT2D eigenvalue weighted by Crippen LogP contribution is 2.50. The molecule has 8 aliphatic heterocycles. The number of rotatable bonds is 10. The summed E-state index contributed by atoms with van der Waals surface area (Å²) < 4.78 is 73.7. The number of fused-ring (bicyclic) bond motifs is 8. The molecule has 492 valence electrons. The molecule has 8 aliphatic rings. The standard InChI is InChI=1S/C75H100O14Si2/c1-45-38-50-32-34-59-47(3)40-52(81-59)39-46(2)57(77)42-64-70(88-90(74(6,7)8,53-24-16-12-17-25-53)54-26-18-13-19-27-54)71-72(86-64)73(89-91(75(9,10)11,55-28-20-14-21-29-55)56-30-22-15-23-31-56)69-61(85-71)35-33-51(82-69)41-66(79)87-68-49(5)67-63(43-58(78)60(84-67)36-37-76)83-65(68)44-62(80-50)48(45)4/h12-31,45-46,49-52,58-65,67-73,76,78H,3-4,32-44H2,1-2,5-11H3/t45-,46?,49+,50+,51?,52?,58-,59?,60-,61+,62-,63+,64-,65?,67+,68-,69+,70+,71+,72-,73+/m1/s1. The minimum Gasteiger partial charge on any atom is -0.459 e. The Morgan fingerprint density at radius 3 is 1.58 bits per heavy atom. The van der Waals surface area contributed by atoms with Gasteiger partial charge in [0.25, 0.3) is 16.6 Å². The number of Topliss-reactive ketones (excluding diaryl/α,β-unsaturated/α-hetero) is 1. The molecule has 0 spiro atoms. The lowest BCUT2D eigenvalue weighted by molar-refractivity contribution is -0.274. The number of ether oxygens (including phenoxy) is 8. The maximum Gasteiger partial charge on any atom is 0.308 e. The van der Waals surface area contributed by atoms with Gasteiger partial charge in [0.15, 0.2) is 0 Å². The fraction of sp³-hybridized carbons (Fsp3) is 0.600. The molecule has 12 rings (SSSR count). The van der Waals surface area contributed by atoms with E-state index in [2.05, 4.69) is 159 Å². The van der Waals surface area contributed by atoms with E-state index in [9.17, 15) is 10.2 Å². The zero-order valence-corrected chi connectivity index (χ0v) is 57.1. The van der Waals surface area contributed by atoms with Crippen molar-refractivity contribution in [2.75, 3.05) is 6.61 Å². The molecule has 4 aromatic carbocycles. The van der Waals surface area contributed by atoms with Crippen molar-refractivity contribution in [1.82, 2.24) is 0 Å². The molecule has 8 saturated heterocycles. The van der Waals surface area contributed by atoms with E-state index in [0.29, 0.717) is 44.9 Å². The summed E-state index contributed by atoms with van der Waals surface area (Å²) in [6, 6.07) is 42.4. The van der Waals surface area contributed by atoms with E-state index in [-0.39, 0.29) is 67.7 Å². The van der Waals surface area contributed by atoms with Crippen LogP contribution in [0.4, 0.5) is 0 Å². The van der Waals surface area contributed by atoms with Crippen molar-refractivity contribution in [3.63, 3.8) is 0 Å². The van der Waals surface area contributed by atoms with E-state index < -0.39 is 124 Å². The molecular weight excluding hydrogens is 1180 g/mol. The van der Waals surface area contributed by atoms with E-state index in [0.717, 1.165) is 44.7 Å². The van der Waals surface area contributed by atoms with Gasteiger partial charge in [0, 0.05) is 37.7 Å². The Kier molecular flexibility index (Phi) is 20.0.